The van der Waals surface area contributed by atoms with Crippen LogP contribution >= 0.6 is 11.6 Å². The zero-order valence-electron chi connectivity index (χ0n) is 8.72. The molecular formula is C11H15ClFNO. The van der Waals surface area contributed by atoms with Crippen LogP contribution in [0, 0.1) is 5.82 Å². The Balaban J connectivity index is 2.88. The van der Waals surface area contributed by atoms with E-state index in [0.29, 0.717) is 24.6 Å². The lowest BCUT2D eigenvalue weighted by Crippen LogP contribution is -2.04. The molecule has 0 fully saturated rings. The Hall–Kier alpha value is -0.800. The second-order valence-electron chi connectivity index (χ2n) is 3.28. The Morgan fingerprint density at radius 3 is 2.73 bits per heavy atom. The quantitative estimate of drug-likeness (QED) is 0.846. The van der Waals surface area contributed by atoms with Crippen molar-refractivity contribution in [2.75, 3.05) is 13.2 Å². The van der Waals surface area contributed by atoms with Gasteiger partial charge < -0.3 is 10.5 Å². The highest BCUT2D eigenvalue weighted by Gasteiger charge is 2.10. The second kappa shape index (κ2) is 5.93. The molecule has 0 amide bonds. The molecule has 0 aromatic heterocycles. The molecule has 1 aromatic carbocycles. The van der Waals surface area contributed by atoms with Crippen LogP contribution in [0.4, 0.5) is 4.39 Å². The molecule has 0 atom stereocenters. The van der Waals surface area contributed by atoms with Gasteiger partial charge in [-0.15, -0.1) is 0 Å². The lowest BCUT2D eigenvalue weighted by Gasteiger charge is -2.09. The van der Waals surface area contributed by atoms with E-state index in [9.17, 15) is 4.39 Å². The molecule has 0 aliphatic carbocycles. The van der Waals surface area contributed by atoms with Gasteiger partial charge in [0.25, 0.3) is 0 Å². The minimum Gasteiger partial charge on any atom is -0.489 e. The maximum atomic E-state index is 13.5. The van der Waals surface area contributed by atoms with E-state index in [1.807, 2.05) is 6.92 Å². The van der Waals surface area contributed by atoms with Crippen molar-refractivity contribution in [3.8, 4) is 5.75 Å². The van der Waals surface area contributed by atoms with E-state index in [1.165, 1.54) is 6.07 Å². The Bertz CT molecular complexity index is 307. The van der Waals surface area contributed by atoms with Crippen LogP contribution in [0.5, 0.6) is 5.75 Å². The minimum atomic E-state index is -0.417. The van der Waals surface area contributed by atoms with Gasteiger partial charge in [-0.2, -0.15) is 0 Å². The first kappa shape index (κ1) is 12.3. The van der Waals surface area contributed by atoms with Gasteiger partial charge in [0.05, 0.1) is 11.6 Å². The number of halogens is 2. The first-order valence-corrected chi connectivity index (χ1v) is 5.37. The van der Waals surface area contributed by atoms with Crippen molar-refractivity contribution < 1.29 is 9.13 Å². The zero-order chi connectivity index (χ0) is 11.3. The largest absolute Gasteiger partial charge is 0.489 e. The molecular weight excluding hydrogens is 217 g/mol. The van der Waals surface area contributed by atoms with Gasteiger partial charge in [-0.05, 0) is 37.1 Å². The Labute approximate surface area is 94.2 Å². The van der Waals surface area contributed by atoms with Crippen molar-refractivity contribution in [3.05, 3.63) is 28.5 Å². The van der Waals surface area contributed by atoms with Gasteiger partial charge in [0, 0.05) is 0 Å². The molecule has 1 rings (SSSR count). The fourth-order valence-electron chi connectivity index (χ4n) is 1.27. The number of hydrogen-bond acceptors (Lipinski definition) is 2. The molecule has 1 aromatic rings. The van der Waals surface area contributed by atoms with E-state index in [-0.39, 0.29) is 5.75 Å². The van der Waals surface area contributed by atoms with E-state index in [2.05, 4.69) is 0 Å². The molecule has 0 aliphatic heterocycles. The molecule has 0 unspecified atom stereocenters. The third-order valence-electron chi connectivity index (χ3n) is 1.94. The van der Waals surface area contributed by atoms with Gasteiger partial charge >= 0.3 is 0 Å². The zero-order valence-corrected chi connectivity index (χ0v) is 9.48. The molecule has 15 heavy (non-hydrogen) atoms. The predicted octanol–water partition coefficient (Wildman–Crippen LogP) is 2.77. The summed E-state index contributed by atoms with van der Waals surface area (Å²) in [6.07, 6.45) is 1.44. The monoisotopic (exact) mass is 231 g/mol. The van der Waals surface area contributed by atoms with E-state index in [1.54, 1.807) is 6.07 Å². The highest BCUT2D eigenvalue weighted by molar-refractivity contribution is 6.32. The smallest absolute Gasteiger partial charge is 0.173 e. The maximum Gasteiger partial charge on any atom is 0.173 e. The summed E-state index contributed by atoms with van der Waals surface area (Å²) in [6, 6.07) is 3.12. The maximum absolute atomic E-state index is 13.5. The molecule has 0 aliphatic rings. The lowest BCUT2D eigenvalue weighted by molar-refractivity contribution is 0.301. The van der Waals surface area contributed by atoms with E-state index < -0.39 is 5.82 Å². The molecule has 84 valence electrons. The van der Waals surface area contributed by atoms with Crippen LogP contribution in [0.2, 0.25) is 5.02 Å². The summed E-state index contributed by atoms with van der Waals surface area (Å²) >= 11 is 5.90. The number of rotatable bonds is 5. The summed E-state index contributed by atoms with van der Waals surface area (Å²) in [6.45, 7) is 2.90. The van der Waals surface area contributed by atoms with Crippen molar-refractivity contribution in [2.24, 2.45) is 5.73 Å². The first-order valence-electron chi connectivity index (χ1n) is 4.99. The van der Waals surface area contributed by atoms with Crippen LogP contribution < -0.4 is 10.5 Å². The number of nitrogens with two attached hydrogens (primary N) is 1. The number of hydrogen-bond donors (Lipinski definition) is 1. The normalized spacial score (nSPS) is 10.4. The summed E-state index contributed by atoms with van der Waals surface area (Å²) in [4.78, 5) is 0. The topological polar surface area (TPSA) is 35.2 Å². The summed E-state index contributed by atoms with van der Waals surface area (Å²) in [7, 11) is 0. The van der Waals surface area contributed by atoms with Gasteiger partial charge in [-0.1, -0.05) is 18.5 Å². The third kappa shape index (κ3) is 3.36. The van der Waals surface area contributed by atoms with E-state index in [0.717, 1.165) is 12.0 Å². The average Bonchev–Trinajstić information content (AvgIpc) is 2.17. The molecule has 0 saturated heterocycles. The van der Waals surface area contributed by atoms with Gasteiger partial charge in [0.1, 0.15) is 0 Å². The number of benzene rings is 1. The summed E-state index contributed by atoms with van der Waals surface area (Å²) in [5, 5.41) is 0.312. The second-order valence-corrected chi connectivity index (χ2v) is 3.68. The highest BCUT2D eigenvalue weighted by atomic mass is 35.5. The van der Waals surface area contributed by atoms with Gasteiger partial charge in [0.2, 0.25) is 0 Å². The molecule has 4 heteroatoms. The van der Waals surface area contributed by atoms with E-state index in [4.69, 9.17) is 22.1 Å². The Kier molecular flexibility index (Phi) is 4.85. The lowest BCUT2D eigenvalue weighted by atomic mass is 10.1. The molecule has 2 N–H and O–H groups in total. The van der Waals surface area contributed by atoms with Gasteiger partial charge in [-0.25, -0.2) is 4.39 Å². The van der Waals surface area contributed by atoms with Crippen LogP contribution in [-0.2, 0) is 6.42 Å². The summed E-state index contributed by atoms with van der Waals surface area (Å²) < 4.78 is 18.7. The Morgan fingerprint density at radius 2 is 2.20 bits per heavy atom. The molecule has 0 radical (unpaired) electrons. The van der Waals surface area contributed by atoms with Crippen LogP contribution in [-0.4, -0.2) is 13.2 Å². The highest BCUT2D eigenvalue weighted by Crippen LogP contribution is 2.29. The number of ether oxygens (including phenoxy) is 1. The minimum absolute atomic E-state index is 0.138. The standard InChI is InChI=1S/C11H15ClFNO/c1-2-5-15-11-9(12)6-8(3-4-14)7-10(11)13/h6-7H,2-5,14H2,1H3. The first-order chi connectivity index (χ1) is 7.19. The van der Waals surface area contributed by atoms with E-state index >= 15 is 0 Å². The molecule has 0 heterocycles. The van der Waals surface area contributed by atoms with Crippen LogP contribution in [0.3, 0.4) is 0 Å². The van der Waals surface area contributed by atoms with Gasteiger partial charge in [0.15, 0.2) is 11.6 Å². The fraction of sp³-hybridized carbons (Fsp3) is 0.455. The SMILES string of the molecule is CCCOc1c(F)cc(CCN)cc1Cl. The predicted molar refractivity (Wildman–Crippen MR) is 60.0 cm³/mol. The Morgan fingerprint density at radius 1 is 1.47 bits per heavy atom. The van der Waals surface area contributed by atoms with Crippen molar-refractivity contribution >= 4 is 11.6 Å². The molecule has 0 bridgehead atoms. The van der Waals surface area contributed by atoms with Gasteiger partial charge in [-0.3, -0.25) is 0 Å². The van der Waals surface area contributed by atoms with Crippen LogP contribution in [0.1, 0.15) is 18.9 Å². The third-order valence-corrected chi connectivity index (χ3v) is 2.22. The molecule has 0 saturated carbocycles. The summed E-state index contributed by atoms with van der Waals surface area (Å²) in [5.74, 6) is -0.279. The molecule has 2 nitrogen and oxygen atoms in total. The van der Waals surface area contributed by atoms with Crippen molar-refractivity contribution in [1.82, 2.24) is 0 Å². The van der Waals surface area contributed by atoms with Crippen molar-refractivity contribution in [3.63, 3.8) is 0 Å². The van der Waals surface area contributed by atoms with Crippen molar-refractivity contribution in [1.29, 1.82) is 0 Å². The average molecular weight is 232 g/mol. The molecule has 0 spiro atoms. The van der Waals surface area contributed by atoms with Crippen molar-refractivity contribution in [2.45, 2.75) is 19.8 Å². The fourth-order valence-corrected chi connectivity index (χ4v) is 1.55. The van der Waals surface area contributed by atoms with Crippen LogP contribution in [0.25, 0.3) is 0 Å². The van der Waals surface area contributed by atoms with Crippen LogP contribution in [0.15, 0.2) is 12.1 Å². The summed E-state index contributed by atoms with van der Waals surface area (Å²) in [5.41, 5.74) is 6.18.